The molecule has 0 fully saturated rings. The molecule has 0 amide bonds. The molecule has 2 aromatic rings. The van der Waals surface area contributed by atoms with Gasteiger partial charge in [0.1, 0.15) is 0 Å². The van der Waals surface area contributed by atoms with Crippen LogP contribution in [0, 0.1) is 6.92 Å². The highest BCUT2D eigenvalue weighted by atomic mass is 16.5. The molecule has 1 aliphatic carbocycles. The molecule has 1 aliphatic rings. The van der Waals surface area contributed by atoms with Gasteiger partial charge in [0.15, 0.2) is 23.1 Å². The monoisotopic (exact) mass is 346 g/mol. The number of aromatic hydroxyl groups is 1. The van der Waals surface area contributed by atoms with E-state index in [1.54, 1.807) is 12.1 Å². The average molecular weight is 346 g/mol. The SMILES string of the molecule is COc1cc(/C=C/c2ccc(C)cc2)cc(C2=CC(=O)C=CC2=O)c1O. The molecule has 0 saturated carbocycles. The molecule has 0 unspecified atom stereocenters. The number of carbonyl (C=O) groups excluding carboxylic acids is 2. The highest BCUT2D eigenvalue weighted by Crippen LogP contribution is 2.37. The number of allylic oxidation sites excluding steroid dienone is 4. The first kappa shape index (κ1) is 17.4. The molecule has 3 rings (SSSR count). The summed E-state index contributed by atoms with van der Waals surface area (Å²) in [6.45, 7) is 2.02. The smallest absolute Gasteiger partial charge is 0.186 e. The van der Waals surface area contributed by atoms with Crippen molar-refractivity contribution < 1.29 is 19.4 Å². The van der Waals surface area contributed by atoms with Crippen LogP contribution in [0.1, 0.15) is 22.3 Å². The van der Waals surface area contributed by atoms with Crippen molar-refractivity contribution in [2.75, 3.05) is 7.11 Å². The fourth-order valence-electron chi connectivity index (χ4n) is 2.68. The van der Waals surface area contributed by atoms with Crippen LogP contribution < -0.4 is 4.74 Å². The van der Waals surface area contributed by atoms with E-state index < -0.39 is 0 Å². The second-order valence-corrected chi connectivity index (χ2v) is 6.02. The highest BCUT2D eigenvalue weighted by molar-refractivity contribution is 6.34. The van der Waals surface area contributed by atoms with Gasteiger partial charge < -0.3 is 9.84 Å². The lowest BCUT2D eigenvalue weighted by atomic mass is 9.93. The molecule has 0 bridgehead atoms. The fourth-order valence-corrected chi connectivity index (χ4v) is 2.68. The fraction of sp³-hybridized carbons (Fsp3) is 0.0909. The number of aryl methyl sites for hydroxylation is 1. The Morgan fingerprint density at radius 1 is 0.962 bits per heavy atom. The standard InChI is InChI=1S/C22H18O4/c1-14-3-5-15(6-4-14)7-8-16-11-19(22(25)21(12-16)26-2)18-13-17(23)9-10-20(18)24/h3-13,25H,1-2H3/b8-7+. The van der Waals surface area contributed by atoms with Crippen molar-refractivity contribution in [3.8, 4) is 11.5 Å². The van der Waals surface area contributed by atoms with Gasteiger partial charge in [0.25, 0.3) is 0 Å². The Labute approximate surface area is 151 Å². The molecule has 26 heavy (non-hydrogen) atoms. The van der Waals surface area contributed by atoms with Crippen molar-refractivity contribution in [3.63, 3.8) is 0 Å². The topological polar surface area (TPSA) is 63.6 Å². The summed E-state index contributed by atoms with van der Waals surface area (Å²) in [6.07, 6.45) is 7.43. The molecule has 130 valence electrons. The van der Waals surface area contributed by atoms with Crippen LogP contribution in [0.5, 0.6) is 11.5 Å². The van der Waals surface area contributed by atoms with Crippen LogP contribution in [-0.2, 0) is 9.59 Å². The number of phenols is 1. The maximum Gasteiger partial charge on any atom is 0.186 e. The third-order valence-electron chi connectivity index (χ3n) is 4.10. The van der Waals surface area contributed by atoms with Gasteiger partial charge in [-0.15, -0.1) is 0 Å². The Kier molecular flexibility index (Phi) is 4.85. The van der Waals surface area contributed by atoms with Crippen LogP contribution in [0.4, 0.5) is 0 Å². The van der Waals surface area contributed by atoms with Gasteiger partial charge in [-0.2, -0.15) is 0 Å². The van der Waals surface area contributed by atoms with Gasteiger partial charge in [-0.1, -0.05) is 42.0 Å². The quantitative estimate of drug-likeness (QED) is 0.672. The van der Waals surface area contributed by atoms with Crippen LogP contribution in [-0.4, -0.2) is 23.8 Å². The molecule has 0 radical (unpaired) electrons. The Bertz CT molecular complexity index is 960. The summed E-state index contributed by atoms with van der Waals surface area (Å²) in [5.41, 5.74) is 3.37. The minimum absolute atomic E-state index is 0.152. The lowest BCUT2D eigenvalue weighted by Crippen LogP contribution is -2.07. The first-order chi connectivity index (χ1) is 12.5. The van der Waals surface area contributed by atoms with Crippen LogP contribution in [0.15, 0.2) is 54.6 Å². The number of hydrogen-bond acceptors (Lipinski definition) is 4. The van der Waals surface area contributed by atoms with Crippen molar-refractivity contribution in [1.29, 1.82) is 0 Å². The third kappa shape index (κ3) is 3.64. The first-order valence-electron chi connectivity index (χ1n) is 8.12. The van der Waals surface area contributed by atoms with Gasteiger partial charge in [0.2, 0.25) is 0 Å². The van der Waals surface area contributed by atoms with Gasteiger partial charge in [-0.25, -0.2) is 0 Å². The summed E-state index contributed by atoms with van der Waals surface area (Å²) in [5, 5.41) is 10.4. The molecular weight excluding hydrogens is 328 g/mol. The zero-order chi connectivity index (χ0) is 18.7. The van der Waals surface area contributed by atoms with Crippen molar-refractivity contribution in [2.45, 2.75) is 6.92 Å². The molecule has 0 atom stereocenters. The maximum atomic E-state index is 12.1. The lowest BCUT2D eigenvalue weighted by Gasteiger charge is -2.13. The van der Waals surface area contributed by atoms with Gasteiger partial charge in [0.05, 0.1) is 7.11 Å². The molecule has 0 aromatic heterocycles. The summed E-state index contributed by atoms with van der Waals surface area (Å²) in [7, 11) is 1.44. The normalized spacial score (nSPS) is 14.0. The number of benzene rings is 2. The molecule has 1 N–H and O–H groups in total. The minimum atomic E-state index is -0.332. The molecule has 0 saturated heterocycles. The van der Waals surface area contributed by atoms with Crippen molar-refractivity contribution in [1.82, 2.24) is 0 Å². The average Bonchev–Trinajstić information content (AvgIpc) is 2.64. The van der Waals surface area contributed by atoms with E-state index in [1.165, 1.54) is 30.9 Å². The summed E-state index contributed by atoms with van der Waals surface area (Å²) in [5.74, 6) is -0.551. The Morgan fingerprint density at radius 2 is 1.65 bits per heavy atom. The molecular formula is C22H18O4. The molecule has 0 spiro atoms. The zero-order valence-corrected chi connectivity index (χ0v) is 14.5. The number of hydrogen-bond donors (Lipinski definition) is 1. The molecule has 2 aromatic carbocycles. The second-order valence-electron chi connectivity index (χ2n) is 6.02. The third-order valence-corrected chi connectivity index (χ3v) is 4.10. The van der Waals surface area contributed by atoms with E-state index in [1.807, 2.05) is 43.3 Å². The van der Waals surface area contributed by atoms with Gasteiger partial charge >= 0.3 is 0 Å². The number of ether oxygens (including phenoxy) is 1. The maximum absolute atomic E-state index is 12.1. The summed E-state index contributed by atoms with van der Waals surface area (Å²) in [6, 6.07) is 11.4. The van der Waals surface area contributed by atoms with Crippen LogP contribution in [0.3, 0.4) is 0 Å². The van der Waals surface area contributed by atoms with E-state index in [2.05, 4.69) is 0 Å². The Balaban J connectivity index is 2.03. The van der Waals surface area contributed by atoms with Gasteiger partial charge in [-0.05, 0) is 48.4 Å². The summed E-state index contributed by atoms with van der Waals surface area (Å²) >= 11 is 0. The largest absolute Gasteiger partial charge is 0.504 e. The van der Waals surface area contributed by atoms with Crippen LogP contribution >= 0.6 is 0 Å². The zero-order valence-electron chi connectivity index (χ0n) is 14.5. The van der Waals surface area contributed by atoms with Crippen LogP contribution in [0.2, 0.25) is 0 Å². The van der Waals surface area contributed by atoms with Crippen molar-refractivity contribution >= 4 is 29.3 Å². The lowest BCUT2D eigenvalue weighted by molar-refractivity contribution is -0.113. The van der Waals surface area contributed by atoms with E-state index in [9.17, 15) is 14.7 Å². The molecule has 0 aliphatic heterocycles. The Hall–Kier alpha value is -3.40. The van der Waals surface area contributed by atoms with Crippen LogP contribution in [0.25, 0.3) is 17.7 Å². The number of rotatable bonds is 4. The second kappa shape index (κ2) is 7.23. The summed E-state index contributed by atoms with van der Waals surface area (Å²) < 4.78 is 5.22. The molecule has 0 heterocycles. The predicted molar refractivity (Wildman–Crippen MR) is 102 cm³/mol. The molecule has 4 heteroatoms. The first-order valence-corrected chi connectivity index (χ1v) is 8.12. The number of ketones is 2. The van der Waals surface area contributed by atoms with E-state index in [0.717, 1.165) is 11.1 Å². The number of methoxy groups -OCH3 is 1. The Morgan fingerprint density at radius 3 is 2.35 bits per heavy atom. The summed E-state index contributed by atoms with van der Waals surface area (Å²) in [4.78, 5) is 23.8. The molecule has 4 nitrogen and oxygen atoms in total. The number of carbonyl (C=O) groups is 2. The van der Waals surface area contributed by atoms with E-state index in [0.29, 0.717) is 0 Å². The van der Waals surface area contributed by atoms with Crippen molar-refractivity contribution in [2.24, 2.45) is 0 Å². The van der Waals surface area contributed by atoms with Crippen molar-refractivity contribution in [3.05, 3.63) is 76.9 Å². The minimum Gasteiger partial charge on any atom is -0.504 e. The van der Waals surface area contributed by atoms with E-state index >= 15 is 0 Å². The van der Waals surface area contributed by atoms with E-state index in [-0.39, 0.29) is 34.2 Å². The van der Waals surface area contributed by atoms with Gasteiger partial charge in [0, 0.05) is 11.1 Å². The van der Waals surface area contributed by atoms with E-state index in [4.69, 9.17) is 4.74 Å². The predicted octanol–water partition coefficient (Wildman–Crippen LogP) is 3.97. The van der Waals surface area contributed by atoms with Gasteiger partial charge in [-0.3, -0.25) is 9.59 Å². The number of phenolic OH excluding ortho intramolecular Hbond substituents is 1. The highest BCUT2D eigenvalue weighted by Gasteiger charge is 2.21.